The molecule has 2 heterocycles. The van der Waals surface area contributed by atoms with Crippen LogP contribution < -0.4 is 0 Å². The average Bonchev–Trinajstić information content (AvgIpc) is 2.98. The van der Waals surface area contributed by atoms with E-state index in [9.17, 15) is 4.79 Å². The highest BCUT2D eigenvalue weighted by Crippen LogP contribution is 2.80. The summed E-state index contributed by atoms with van der Waals surface area (Å²) in [6, 6.07) is 12.3. The van der Waals surface area contributed by atoms with Gasteiger partial charge in [0.25, 0.3) is 0 Å². The summed E-state index contributed by atoms with van der Waals surface area (Å²) in [4.78, 5) is 13.0. The summed E-state index contributed by atoms with van der Waals surface area (Å²) >= 11 is 1.64. The number of allylic oxidation sites excluding steroid dienone is 1. The maximum atomic E-state index is 13.0. The van der Waals surface area contributed by atoms with E-state index in [1.54, 1.807) is 11.3 Å². The van der Waals surface area contributed by atoms with Gasteiger partial charge in [-0.2, -0.15) is 11.3 Å². The van der Waals surface area contributed by atoms with Crippen LogP contribution in [0.4, 0.5) is 0 Å². The van der Waals surface area contributed by atoms with Crippen molar-refractivity contribution in [3.8, 4) is 0 Å². The molecule has 2 nitrogen and oxygen atoms in total. The molecule has 22 heavy (non-hydrogen) atoms. The Labute approximate surface area is 133 Å². The number of cyclic esters (lactones) is 1. The molecule has 2 aliphatic carbocycles. The molecule has 0 saturated heterocycles. The van der Waals surface area contributed by atoms with Gasteiger partial charge >= 0.3 is 5.97 Å². The third kappa shape index (κ3) is 1.29. The normalized spacial score (nSPS) is 35.4. The molecule has 5 rings (SSSR count). The van der Waals surface area contributed by atoms with Crippen molar-refractivity contribution < 1.29 is 9.53 Å². The zero-order valence-corrected chi connectivity index (χ0v) is 12.9. The number of carbonyl (C=O) groups is 1. The van der Waals surface area contributed by atoms with Crippen molar-refractivity contribution in [2.45, 2.75) is 24.7 Å². The molecule has 2 saturated carbocycles. The Kier molecular flexibility index (Phi) is 2.36. The maximum Gasteiger partial charge on any atom is 0.323 e. The second-order valence-corrected chi connectivity index (χ2v) is 7.35. The summed E-state index contributed by atoms with van der Waals surface area (Å²) in [6.07, 6.45) is 5.69. The van der Waals surface area contributed by atoms with Crippen LogP contribution >= 0.6 is 11.3 Å². The molecule has 1 spiro atoms. The highest BCUT2D eigenvalue weighted by atomic mass is 32.1. The molecule has 3 atom stereocenters. The lowest BCUT2D eigenvalue weighted by Crippen LogP contribution is -2.34. The van der Waals surface area contributed by atoms with Crippen LogP contribution in [-0.2, 0) is 14.9 Å². The van der Waals surface area contributed by atoms with Crippen LogP contribution in [0, 0.1) is 11.3 Å². The van der Waals surface area contributed by atoms with E-state index in [4.69, 9.17) is 4.74 Å². The largest absolute Gasteiger partial charge is 0.425 e. The van der Waals surface area contributed by atoms with E-state index in [1.165, 1.54) is 6.42 Å². The molecular weight excluding hydrogens is 292 g/mol. The van der Waals surface area contributed by atoms with Crippen molar-refractivity contribution >= 4 is 23.1 Å². The van der Waals surface area contributed by atoms with E-state index in [0.29, 0.717) is 5.92 Å². The third-order valence-electron chi connectivity index (χ3n) is 5.83. The van der Waals surface area contributed by atoms with Crippen molar-refractivity contribution in [1.29, 1.82) is 0 Å². The van der Waals surface area contributed by atoms with Crippen LogP contribution in [0.1, 0.15) is 30.4 Å². The van der Waals surface area contributed by atoms with Gasteiger partial charge in [-0.3, -0.25) is 4.79 Å². The highest BCUT2D eigenvalue weighted by Gasteiger charge is 2.83. The molecule has 0 unspecified atom stereocenters. The van der Waals surface area contributed by atoms with E-state index in [-0.39, 0.29) is 11.4 Å². The number of benzene rings is 1. The number of esters is 1. The van der Waals surface area contributed by atoms with Crippen LogP contribution in [0.25, 0.3) is 5.76 Å². The lowest BCUT2D eigenvalue weighted by molar-refractivity contribution is -0.142. The van der Waals surface area contributed by atoms with Crippen LogP contribution in [0.5, 0.6) is 0 Å². The van der Waals surface area contributed by atoms with E-state index >= 15 is 0 Å². The zero-order chi connectivity index (χ0) is 14.8. The number of thiophene rings is 1. The third-order valence-corrected chi connectivity index (χ3v) is 6.51. The van der Waals surface area contributed by atoms with E-state index < -0.39 is 5.41 Å². The molecule has 0 amide bonds. The summed E-state index contributed by atoms with van der Waals surface area (Å²) in [5, 5.41) is 4.08. The SMILES string of the molecule is O=C1OC(c2ccsc2)=C[C@]23CCC[C@H]2[C@@]13c1ccccc1. The summed E-state index contributed by atoms with van der Waals surface area (Å²) < 4.78 is 5.80. The Hall–Kier alpha value is -1.87. The Morgan fingerprint density at radius 3 is 2.82 bits per heavy atom. The molecule has 2 aromatic rings. The molecule has 2 fully saturated rings. The number of hydrogen-bond acceptors (Lipinski definition) is 3. The van der Waals surface area contributed by atoms with Gasteiger partial charge in [0.1, 0.15) is 11.2 Å². The first kappa shape index (κ1) is 12.7. The first-order valence-electron chi connectivity index (χ1n) is 7.82. The smallest absolute Gasteiger partial charge is 0.323 e. The Bertz CT molecular complexity index is 777. The van der Waals surface area contributed by atoms with Crippen molar-refractivity contribution in [3.05, 3.63) is 64.4 Å². The van der Waals surface area contributed by atoms with Gasteiger partial charge in [0, 0.05) is 16.4 Å². The minimum atomic E-state index is -0.425. The van der Waals surface area contributed by atoms with Crippen molar-refractivity contribution in [3.63, 3.8) is 0 Å². The Morgan fingerprint density at radius 2 is 2.05 bits per heavy atom. The van der Waals surface area contributed by atoms with Crippen LogP contribution in [0.15, 0.2) is 53.2 Å². The van der Waals surface area contributed by atoms with Crippen LogP contribution in [0.2, 0.25) is 0 Å². The molecule has 0 N–H and O–H groups in total. The van der Waals surface area contributed by atoms with Gasteiger partial charge in [0.05, 0.1) is 0 Å². The first-order valence-corrected chi connectivity index (χ1v) is 8.76. The summed E-state index contributed by atoms with van der Waals surface area (Å²) in [6.45, 7) is 0. The number of ether oxygens (including phenoxy) is 1. The van der Waals surface area contributed by atoms with Gasteiger partial charge in [0.15, 0.2) is 0 Å². The number of fused-ring (bicyclic) bond motifs is 1. The highest BCUT2D eigenvalue weighted by molar-refractivity contribution is 7.08. The summed E-state index contributed by atoms with van der Waals surface area (Å²) in [7, 11) is 0. The lowest BCUT2D eigenvalue weighted by Gasteiger charge is -2.28. The minimum absolute atomic E-state index is 0.0129. The number of rotatable bonds is 2. The zero-order valence-electron chi connectivity index (χ0n) is 12.1. The van der Waals surface area contributed by atoms with Crippen molar-refractivity contribution in [2.75, 3.05) is 0 Å². The molecule has 1 aromatic carbocycles. The quantitative estimate of drug-likeness (QED) is 0.769. The molecule has 0 bridgehead atoms. The Morgan fingerprint density at radius 1 is 1.18 bits per heavy atom. The molecule has 1 aliphatic heterocycles. The molecule has 1 aromatic heterocycles. The average molecular weight is 308 g/mol. The molecule has 0 radical (unpaired) electrons. The first-order chi connectivity index (χ1) is 10.8. The molecule has 3 heteroatoms. The summed E-state index contributed by atoms with van der Waals surface area (Å²) in [5.41, 5.74) is 1.73. The minimum Gasteiger partial charge on any atom is -0.425 e. The van der Waals surface area contributed by atoms with Gasteiger partial charge < -0.3 is 4.74 Å². The second-order valence-electron chi connectivity index (χ2n) is 6.57. The Balaban J connectivity index is 1.69. The van der Waals surface area contributed by atoms with Crippen molar-refractivity contribution in [2.24, 2.45) is 11.3 Å². The summed E-state index contributed by atoms with van der Waals surface area (Å²) in [5.74, 6) is 1.13. The van der Waals surface area contributed by atoms with Gasteiger partial charge in [-0.15, -0.1) is 0 Å². The fourth-order valence-electron chi connectivity index (χ4n) is 4.98. The monoisotopic (exact) mass is 308 g/mol. The molecule has 110 valence electrons. The standard InChI is InChI=1S/C19H16O2S/c20-17-19(14-5-2-1-3-6-14)16-7-4-9-18(16,19)11-15(21-17)13-8-10-22-12-13/h1-3,5-6,8,10-12,16H,4,7,9H2/t16-,18-,19+/m1/s1. The fraction of sp³-hybridized carbons (Fsp3) is 0.316. The van der Waals surface area contributed by atoms with Crippen molar-refractivity contribution in [1.82, 2.24) is 0 Å². The fourth-order valence-corrected chi connectivity index (χ4v) is 5.63. The predicted molar refractivity (Wildman–Crippen MR) is 86.3 cm³/mol. The van der Waals surface area contributed by atoms with Gasteiger partial charge in [0.2, 0.25) is 0 Å². The van der Waals surface area contributed by atoms with E-state index in [0.717, 1.165) is 29.7 Å². The van der Waals surface area contributed by atoms with Gasteiger partial charge in [-0.05, 0) is 41.8 Å². The van der Waals surface area contributed by atoms with Crippen LogP contribution in [0.3, 0.4) is 0 Å². The van der Waals surface area contributed by atoms with E-state index in [1.807, 2.05) is 29.6 Å². The number of hydrogen-bond donors (Lipinski definition) is 0. The van der Waals surface area contributed by atoms with E-state index in [2.05, 4.69) is 23.6 Å². The maximum absolute atomic E-state index is 13.0. The molecule has 3 aliphatic rings. The topological polar surface area (TPSA) is 26.3 Å². The van der Waals surface area contributed by atoms with Gasteiger partial charge in [-0.1, -0.05) is 36.8 Å². The number of carbonyl (C=O) groups excluding carboxylic acids is 1. The predicted octanol–water partition coefficient (Wildman–Crippen LogP) is 4.38. The van der Waals surface area contributed by atoms with Gasteiger partial charge in [-0.25, -0.2) is 0 Å². The molecular formula is C19H16O2S. The lowest BCUT2D eigenvalue weighted by atomic mass is 9.80. The second kappa shape index (κ2) is 4.11. The van der Waals surface area contributed by atoms with Crippen LogP contribution in [-0.4, -0.2) is 5.97 Å².